The SMILES string of the molecule is O=C(Cc1coc2ccc(F)cc12)Nc1ccc([N+](=O)[O-])cc1Cl. The van der Waals surface area contributed by atoms with Gasteiger partial charge in [-0.05, 0) is 24.3 Å². The Morgan fingerprint density at radius 3 is 2.79 bits per heavy atom. The molecule has 0 saturated heterocycles. The molecule has 0 atom stereocenters. The predicted molar refractivity (Wildman–Crippen MR) is 86.6 cm³/mol. The van der Waals surface area contributed by atoms with Crippen LogP contribution in [0.1, 0.15) is 5.56 Å². The van der Waals surface area contributed by atoms with Gasteiger partial charge in [-0.15, -0.1) is 0 Å². The Labute approximate surface area is 140 Å². The van der Waals surface area contributed by atoms with Crippen LogP contribution >= 0.6 is 11.6 Å². The van der Waals surface area contributed by atoms with E-state index in [4.69, 9.17) is 16.0 Å². The molecule has 3 aromatic rings. The van der Waals surface area contributed by atoms with E-state index in [1.54, 1.807) is 0 Å². The lowest BCUT2D eigenvalue weighted by molar-refractivity contribution is -0.384. The largest absolute Gasteiger partial charge is 0.464 e. The Kier molecular flexibility index (Phi) is 4.18. The van der Waals surface area contributed by atoms with Gasteiger partial charge in [-0.2, -0.15) is 0 Å². The first-order chi connectivity index (χ1) is 11.4. The van der Waals surface area contributed by atoms with E-state index in [2.05, 4.69) is 5.32 Å². The van der Waals surface area contributed by atoms with Gasteiger partial charge in [-0.1, -0.05) is 11.6 Å². The minimum atomic E-state index is -0.580. The van der Waals surface area contributed by atoms with E-state index in [1.165, 1.54) is 36.6 Å². The average Bonchev–Trinajstić information content (AvgIpc) is 2.91. The van der Waals surface area contributed by atoms with Gasteiger partial charge in [-0.25, -0.2) is 4.39 Å². The van der Waals surface area contributed by atoms with Crippen molar-refractivity contribution in [3.63, 3.8) is 0 Å². The summed E-state index contributed by atoms with van der Waals surface area (Å²) in [7, 11) is 0. The molecule has 0 fully saturated rings. The number of benzene rings is 2. The monoisotopic (exact) mass is 348 g/mol. The number of nitrogens with zero attached hydrogens (tertiary/aromatic N) is 1. The Bertz CT molecular complexity index is 954. The highest BCUT2D eigenvalue weighted by atomic mass is 35.5. The number of hydrogen-bond donors (Lipinski definition) is 1. The van der Waals surface area contributed by atoms with Gasteiger partial charge in [0.05, 0.1) is 28.3 Å². The lowest BCUT2D eigenvalue weighted by Gasteiger charge is -2.06. The van der Waals surface area contributed by atoms with Crippen LogP contribution in [0.4, 0.5) is 15.8 Å². The summed E-state index contributed by atoms with van der Waals surface area (Å²) < 4.78 is 18.6. The zero-order valence-corrected chi connectivity index (χ0v) is 12.8. The van der Waals surface area contributed by atoms with Crippen molar-refractivity contribution in [3.8, 4) is 0 Å². The number of fused-ring (bicyclic) bond motifs is 1. The molecule has 122 valence electrons. The highest BCUT2D eigenvalue weighted by molar-refractivity contribution is 6.34. The Morgan fingerprint density at radius 2 is 2.08 bits per heavy atom. The first kappa shape index (κ1) is 15.9. The maximum Gasteiger partial charge on any atom is 0.271 e. The first-order valence-corrected chi connectivity index (χ1v) is 7.21. The molecule has 24 heavy (non-hydrogen) atoms. The quantitative estimate of drug-likeness (QED) is 0.562. The summed E-state index contributed by atoms with van der Waals surface area (Å²) in [5, 5.41) is 13.8. The summed E-state index contributed by atoms with van der Waals surface area (Å²) in [4.78, 5) is 22.2. The van der Waals surface area contributed by atoms with Crippen LogP contribution in [0.15, 0.2) is 47.1 Å². The van der Waals surface area contributed by atoms with Crippen molar-refractivity contribution in [2.45, 2.75) is 6.42 Å². The third-order valence-corrected chi connectivity index (χ3v) is 3.72. The van der Waals surface area contributed by atoms with Crippen LogP contribution in [0.3, 0.4) is 0 Å². The zero-order chi connectivity index (χ0) is 17.3. The summed E-state index contributed by atoms with van der Waals surface area (Å²) in [5.74, 6) is -0.832. The fraction of sp³-hybridized carbons (Fsp3) is 0.0625. The fourth-order valence-corrected chi connectivity index (χ4v) is 2.50. The smallest absolute Gasteiger partial charge is 0.271 e. The Hall–Kier alpha value is -2.93. The molecule has 6 nitrogen and oxygen atoms in total. The number of non-ortho nitro benzene ring substituents is 1. The van der Waals surface area contributed by atoms with E-state index in [-0.39, 0.29) is 22.8 Å². The minimum Gasteiger partial charge on any atom is -0.464 e. The third kappa shape index (κ3) is 3.21. The van der Waals surface area contributed by atoms with Gasteiger partial charge in [0, 0.05) is 23.1 Å². The molecule has 8 heteroatoms. The number of nitro groups is 1. The number of anilines is 1. The van der Waals surface area contributed by atoms with Crippen molar-refractivity contribution in [3.05, 3.63) is 69.2 Å². The maximum atomic E-state index is 13.3. The normalized spacial score (nSPS) is 10.8. The van der Waals surface area contributed by atoms with Crippen LogP contribution in [0.2, 0.25) is 5.02 Å². The van der Waals surface area contributed by atoms with Crippen molar-refractivity contribution in [1.29, 1.82) is 0 Å². The molecule has 0 radical (unpaired) electrons. The molecular weight excluding hydrogens is 339 g/mol. The first-order valence-electron chi connectivity index (χ1n) is 6.83. The molecule has 0 aliphatic heterocycles. The lowest BCUT2D eigenvalue weighted by Crippen LogP contribution is -2.14. The van der Waals surface area contributed by atoms with Crippen molar-refractivity contribution < 1.29 is 18.5 Å². The van der Waals surface area contributed by atoms with E-state index < -0.39 is 16.6 Å². The van der Waals surface area contributed by atoms with E-state index in [9.17, 15) is 19.3 Å². The fourth-order valence-electron chi connectivity index (χ4n) is 2.28. The highest BCUT2D eigenvalue weighted by Crippen LogP contribution is 2.27. The van der Waals surface area contributed by atoms with Crippen LogP contribution in [0.25, 0.3) is 11.0 Å². The van der Waals surface area contributed by atoms with E-state index in [0.29, 0.717) is 16.5 Å². The Balaban J connectivity index is 1.78. The second kappa shape index (κ2) is 6.29. The van der Waals surface area contributed by atoms with Gasteiger partial charge in [0.2, 0.25) is 5.91 Å². The molecule has 0 bridgehead atoms. The molecule has 0 spiro atoms. The van der Waals surface area contributed by atoms with Crippen molar-refractivity contribution >= 4 is 39.9 Å². The summed E-state index contributed by atoms with van der Waals surface area (Å²) in [6.45, 7) is 0. The molecular formula is C16H10ClFN2O4. The van der Waals surface area contributed by atoms with E-state index in [0.717, 1.165) is 6.07 Å². The van der Waals surface area contributed by atoms with Gasteiger partial charge in [0.1, 0.15) is 11.4 Å². The highest BCUT2D eigenvalue weighted by Gasteiger charge is 2.14. The molecule has 2 aromatic carbocycles. The van der Waals surface area contributed by atoms with Crippen molar-refractivity contribution in [2.75, 3.05) is 5.32 Å². The standard InChI is InChI=1S/C16H10ClFN2O4/c17-13-7-11(20(22)23)2-3-14(13)19-16(21)5-9-8-24-15-4-1-10(18)6-12(9)15/h1-4,6-8H,5H2,(H,19,21). The molecule has 0 unspecified atom stereocenters. The van der Waals surface area contributed by atoms with Crippen LogP contribution in [0.5, 0.6) is 0 Å². The summed E-state index contributed by atoms with van der Waals surface area (Å²) in [6.07, 6.45) is 1.34. The number of carbonyl (C=O) groups excluding carboxylic acids is 1. The third-order valence-electron chi connectivity index (χ3n) is 3.40. The minimum absolute atomic E-state index is 0.0518. The maximum absolute atomic E-state index is 13.3. The summed E-state index contributed by atoms with van der Waals surface area (Å²) in [5.41, 5.74) is 1.09. The number of nitrogens with one attached hydrogen (secondary N) is 1. The molecule has 0 aliphatic rings. The molecule has 1 aromatic heterocycles. The molecule has 1 heterocycles. The number of rotatable bonds is 4. The topological polar surface area (TPSA) is 85.4 Å². The van der Waals surface area contributed by atoms with Crippen LogP contribution < -0.4 is 5.32 Å². The zero-order valence-electron chi connectivity index (χ0n) is 12.1. The molecule has 3 rings (SSSR count). The van der Waals surface area contributed by atoms with Gasteiger partial charge in [0.15, 0.2) is 0 Å². The number of halogens is 2. The second-order valence-electron chi connectivity index (χ2n) is 5.05. The number of hydrogen-bond acceptors (Lipinski definition) is 4. The number of carbonyl (C=O) groups is 1. The number of amides is 1. The van der Waals surface area contributed by atoms with E-state index >= 15 is 0 Å². The predicted octanol–water partition coefficient (Wildman–Crippen LogP) is 4.31. The van der Waals surface area contributed by atoms with Crippen molar-refractivity contribution in [1.82, 2.24) is 0 Å². The molecule has 1 amide bonds. The number of nitro benzene ring substituents is 1. The van der Waals surface area contributed by atoms with Crippen LogP contribution in [-0.4, -0.2) is 10.8 Å². The summed E-state index contributed by atoms with van der Waals surface area (Å²) in [6, 6.07) is 7.79. The summed E-state index contributed by atoms with van der Waals surface area (Å²) >= 11 is 5.93. The molecule has 1 N–H and O–H groups in total. The van der Waals surface area contributed by atoms with Gasteiger partial charge < -0.3 is 9.73 Å². The van der Waals surface area contributed by atoms with Gasteiger partial charge in [-0.3, -0.25) is 14.9 Å². The van der Waals surface area contributed by atoms with Gasteiger partial charge >= 0.3 is 0 Å². The van der Waals surface area contributed by atoms with E-state index in [1.807, 2.05) is 0 Å². The van der Waals surface area contributed by atoms with Crippen molar-refractivity contribution in [2.24, 2.45) is 0 Å². The van der Waals surface area contributed by atoms with Crippen LogP contribution in [-0.2, 0) is 11.2 Å². The van der Waals surface area contributed by atoms with Gasteiger partial charge in [0.25, 0.3) is 5.69 Å². The lowest BCUT2D eigenvalue weighted by atomic mass is 10.1. The number of furan rings is 1. The average molecular weight is 349 g/mol. The van der Waals surface area contributed by atoms with Crippen LogP contribution in [0, 0.1) is 15.9 Å². The second-order valence-corrected chi connectivity index (χ2v) is 5.45. The molecule has 0 aliphatic carbocycles. The Morgan fingerprint density at radius 1 is 1.29 bits per heavy atom. The molecule has 0 saturated carbocycles.